The SMILES string of the molecule is Cc1ccccc1C1CCN(C)C(=O)C1. The largest absolute Gasteiger partial charge is 0.346 e. The molecule has 2 heteroatoms. The van der Waals surface area contributed by atoms with Crippen LogP contribution in [0, 0.1) is 6.92 Å². The van der Waals surface area contributed by atoms with Crippen LogP contribution in [-0.4, -0.2) is 24.4 Å². The van der Waals surface area contributed by atoms with E-state index in [1.165, 1.54) is 11.1 Å². The summed E-state index contributed by atoms with van der Waals surface area (Å²) >= 11 is 0. The lowest BCUT2D eigenvalue weighted by atomic mass is 9.87. The van der Waals surface area contributed by atoms with Crippen LogP contribution in [0.1, 0.15) is 29.9 Å². The predicted octanol–water partition coefficient (Wildman–Crippen LogP) is 2.33. The summed E-state index contributed by atoms with van der Waals surface area (Å²) in [4.78, 5) is 13.4. The van der Waals surface area contributed by atoms with E-state index in [-0.39, 0.29) is 5.91 Å². The zero-order chi connectivity index (χ0) is 10.8. The van der Waals surface area contributed by atoms with Crippen LogP contribution in [0.15, 0.2) is 24.3 Å². The lowest BCUT2D eigenvalue weighted by Crippen LogP contribution is -2.34. The summed E-state index contributed by atoms with van der Waals surface area (Å²) in [6, 6.07) is 8.39. The van der Waals surface area contributed by atoms with Crippen molar-refractivity contribution in [3.63, 3.8) is 0 Å². The van der Waals surface area contributed by atoms with Crippen LogP contribution in [-0.2, 0) is 4.79 Å². The summed E-state index contributed by atoms with van der Waals surface area (Å²) < 4.78 is 0. The van der Waals surface area contributed by atoms with Crippen molar-refractivity contribution in [2.45, 2.75) is 25.7 Å². The van der Waals surface area contributed by atoms with E-state index >= 15 is 0 Å². The minimum Gasteiger partial charge on any atom is -0.346 e. The zero-order valence-electron chi connectivity index (χ0n) is 9.36. The first-order valence-corrected chi connectivity index (χ1v) is 5.48. The fraction of sp³-hybridized carbons (Fsp3) is 0.462. The second kappa shape index (κ2) is 4.05. The first-order valence-electron chi connectivity index (χ1n) is 5.48. The van der Waals surface area contributed by atoms with E-state index in [2.05, 4.69) is 31.2 Å². The Labute approximate surface area is 90.9 Å². The number of aryl methyl sites for hydroxylation is 1. The maximum Gasteiger partial charge on any atom is 0.222 e. The van der Waals surface area contributed by atoms with Crippen LogP contribution < -0.4 is 0 Å². The van der Waals surface area contributed by atoms with E-state index in [9.17, 15) is 4.79 Å². The lowest BCUT2D eigenvalue weighted by Gasteiger charge is -2.29. The van der Waals surface area contributed by atoms with E-state index < -0.39 is 0 Å². The van der Waals surface area contributed by atoms with Gasteiger partial charge in [-0.15, -0.1) is 0 Å². The first kappa shape index (κ1) is 10.2. The zero-order valence-corrected chi connectivity index (χ0v) is 9.36. The Morgan fingerprint density at radius 3 is 2.73 bits per heavy atom. The fourth-order valence-corrected chi connectivity index (χ4v) is 2.25. The molecule has 1 unspecified atom stereocenters. The predicted molar refractivity (Wildman–Crippen MR) is 60.8 cm³/mol. The Morgan fingerprint density at radius 2 is 2.07 bits per heavy atom. The molecule has 1 atom stereocenters. The molecule has 1 amide bonds. The second-order valence-electron chi connectivity index (χ2n) is 4.36. The van der Waals surface area contributed by atoms with Crippen molar-refractivity contribution in [2.24, 2.45) is 0 Å². The minimum atomic E-state index is 0.273. The number of amides is 1. The Balaban J connectivity index is 2.19. The maximum atomic E-state index is 11.6. The Hall–Kier alpha value is -1.31. The molecular weight excluding hydrogens is 186 g/mol. The van der Waals surface area contributed by atoms with Crippen molar-refractivity contribution in [3.05, 3.63) is 35.4 Å². The number of nitrogens with zero attached hydrogens (tertiary/aromatic N) is 1. The van der Waals surface area contributed by atoms with Crippen LogP contribution >= 0.6 is 0 Å². The smallest absolute Gasteiger partial charge is 0.222 e. The van der Waals surface area contributed by atoms with E-state index in [0.29, 0.717) is 12.3 Å². The summed E-state index contributed by atoms with van der Waals surface area (Å²) in [6.45, 7) is 3.01. The number of carbonyl (C=O) groups excluding carboxylic acids is 1. The third kappa shape index (κ3) is 2.04. The number of hydrogen-bond donors (Lipinski definition) is 0. The first-order chi connectivity index (χ1) is 7.18. The highest BCUT2D eigenvalue weighted by Crippen LogP contribution is 2.29. The molecule has 80 valence electrons. The third-order valence-corrected chi connectivity index (χ3v) is 3.29. The van der Waals surface area contributed by atoms with Crippen LogP contribution in [0.3, 0.4) is 0 Å². The number of likely N-dealkylation sites (tertiary alicyclic amines) is 1. The summed E-state index contributed by atoms with van der Waals surface area (Å²) in [5.74, 6) is 0.699. The van der Waals surface area contributed by atoms with Gasteiger partial charge in [-0.05, 0) is 30.4 Å². The van der Waals surface area contributed by atoms with Crippen molar-refractivity contribution in [3.8, 4) is 0 Å². The molecule has 15 heavy (non-hydrogen) atoms. The molecule has 0 saturated carbocycles. The van der Waals surface area contributed by atoms with E-state index in [4.69, 9.17) is 0 Å². The summed E-state index contributed by atoms with van der Waals surface area (Å²) in [5, 5.41) is 0. The Kier molecular flexibility index (Phi) is 2.76. The molecule has 0 spiro atoms. The van der Waals surface area contributed by atoms with Crippen molar-refractivity contribution < 1.29 is 4.79 Å². The monoisotopic (exact) mass is 203 g/mol. The van der Waals surface area contributed by atoms with Crippen molar-refractivity contribution in [1.29, 1.82) is 0 Å². The molecule has 1 aliphatic rings. The molecule has 1 heterocycles. The standard InChI is InChI=1S/C13H17NO/c1-10-5-3-4-6-12(10)11-7-8-14(2)13(15)9-11/h3-6,11H,7-9H2,1-2H3. The van der Waals surface area contributed by atoms with Gasteiger partial charge in [0.25, 0.3) is 0 Å². The second-order valence-corrected chi connectivity index (χ2v) is 4.36. The Morgan fingerprint density at radius 1 is 1.33 bits per heavy atom. The molecule has 0 aliphatic carbocycles. The molecule has 2 nitrogen and oxygen atoms in total. The van der Waals surface area contributed by atoms with E-state index in [1.54, 1.807) is 0 Å². The average Bonchev–Trinajstić information content (AvgIpc) is 2.23. The molecule has 1 aliphatic heterocycles. The lowest BCUT2D eigenvalue weighted by molar-refractivity contribution is -0.132. The average molecular weight is 203 g/mol. The van der Waals surface area contributed by atoms with Gasteiger partial charge in [0.05, 0.1) is 0 Å². The molecule has 0 radical (unpaired) electrons. The van der Waals surface area contributed by atoms with E-state index in [0.717, 1.165) is 13.0 Å². The van der Waals surface area contributed by atoms with Crippen LogP contribution in [0.5, 0.6) is 0 Å². The van der Waals surface area contributed by atoms with Crippen molar-refractivity contribution >= 4 is 5.91 Å². The van der Waals surface area contributed by atoms with Gasteiger partial charge >= 0.3 is 0 Å². The number of benzene rings is 1. The van der Waals surface area contributed by atoms with Gasteiger partial charge in [0.2, 0.25) is 5.91 Å². The van der Waals surface area contributed by atoms with Crippen LogP contribution in [0.2, 0.25) is 0 Å². The highest BCUT2D eigenvalue weighted by atomic mass is 16.2. The molecule has 0 aromatic heterocycles. The van der Waals surface area contributed by atoms with Gasteiger partial charge in [0.15, 0.2) is 0 Å². The molecule has 1 saturated heterocycles. The van der Waals surface area contributed by atoms with Crippen LogP contribution in [0.4, 0.5) is 0 Å². The quantitative estimate of drug-likeness (QED) is 0.686. The molecule has 1 fully saturated rings. The number of piperidine rings is 1. The highest BCUT2D eigenvalue weighted by Gasteiger charge is 2.24. The van der Waals surface area contributed by atoms with Crippen molar-refractivity contribution in [1.82, 2.24) is 4.90 Å². The molecule has 1 aromatic carbocycles. The molecule has 2 rings (SSSR count). The normalized spacial score (nSPS) is 21.9. The van der Waals surface area contributed by atoms with Gasteiger partial charge in [0, 0.05) is 20.0 Å². The van der Waals surface area contributed by atoms with E-state index in [1.807, 2.05) is 11.9 Å². The number of carbonyl (C=O) groups is 1. The minimum absolute atomic E-state index is 0.273. The topological polar surface area (TPSA) is 20.3 Å². The van der Waals surface area contributed by atoms with Gasteiger partial charge in [-0.1, -0.05) is 24.3 Å². The van der Waals surface area contributed by atoms with Gasteiger partial charge < -0.3 is 4.90 Å². The molecule has 1 aromatic rings. The maximum absolute atomic E-state index is 11.6. The highest BCUT2D eigenvalue weighted by molar-refractivity contribution is 5.77. The molecule has 0 N–H and O–H groups in total. The third-order valence-electron chi connectivity index (χ3n) is 3.29. The fourth-order valence-electron chi connectivity index (χ4n) is 2.25. The number of hydrogen-bond acceptors (Lipinski definition) is 1. The Bertz CT molecular complexity index is 373. The van der Waals surface area contributed by atoms with Gasteiger partial charge in [-0.3, -0.25) is 4.79 Å². The summed E-state index contributed by atoms with van der Waals surface area (Å²) in [6.07, 6.45) is 1.76. The number of rotatable bonds is 1. The van der Waals surface area contributed by atoms with Crippen molar-refractivity contribution in [2.75, 3.05) is 13.6 Å². The van der Waals surface area contributed by atoms with Gasteiger partial charge in [-0.25, -0.2) is 0 Å². The van der Waals surface area contributed by atoms with Gasteiger partial charge in [-0.2, -0.15) is 0 Å². The summed E-state index contributed by atoms with van der Waals surface area (Å²) in [5.41, 5.74) is 2.65. The molecular formula is C13H17NO. The van der Waals surface area contributed by atoms with Gasteiger partial charge in [0.1, 0.15) is 0 Å². The van der Waals surface area contributed by atoms with Crippen LogP contribution in [0.25, 0.3) is 0 Å². The molecule has 0 bridgehead atoms. The summed E-state index contributed by atoms with van der Waals surface area (Å²) in [7, 11) is 1.89.